The van der Waals surface area contributed by atoms with Crippen LogP contribution in [0.15, 0.2) is 40.0 Å². The summed E-state index contributed by atoms with van der Waals surface area (Å²) in [6.45, 7) is 1.39. The van der Waals surface area contributed by atoms with Gasteiger partial charge in [0.1, 0.15) is 0 Å². The summed E-state index contributed by atoms with van der Waals surface area (Å²) in [5.74, 6) is -0.0625. The standard InChI is InChI=1S/C15H16BrN3O3/c1-22-7-6-19-8-11-12(14(19)20)13(18-15(21)17-11)9-2-4-10(16)5-3-9/h2-5,13H,6-8H2,1H3,(H2,17,18,21)/t13-/m0/s1. The first-order chi connectivity index (χ1) is 10.6. The molecule has 0 saturated carbocycles. The van der Waals surface area contributed by atoms with Crippen LogP contribution in [0.5, 0.6) is 0 Å². The topological polar surface area (TPSA) is 70.7 Å². The van der Waals surface area contributed by atoms with Crippen molar-refractivity contribution in [3.8, 4) is 0 Å². The van der Waals surface area contributed by atoms with Crippen molar-refractivity contribution in [1.29, 1.82) is 0 Å². The monoisotopic (exact) mass is 365 g/mol. The number of nitrogens with one attached hydrogen (secondary N) is 2. The summed E-state index contributed by atoms with van der Waals surface area (Å²) in [5.41, 5.74) is 2.17. The Bertz CT molecular complexity index is 642. The number of methoxy groups -OCH3 is 1. The highest BCUT2D eigenvalue weighted by molar-refractivity contribution is 9.10. The van der Waals surface area contributed by atoms with Gasteiger partial charge in [-0.05, 0) is 17.7 Å². The number of ether oxygens (including phenoxy) is 1. The molecule has 22 heavy (non-hydrogen) atoms. The Morgan fingerprint density at radius 1 is 1.32 bits per heavy atom. The molecule has 0 bridgehead atoms. The van der Waals surface area contributed by atoms with Gasteiger partial charge in [0.15, 0.2) is 0 Å². The number of hydrogen-bond donors (Lipinski definition) is 2. The lowest BCUT2D eigenvalue weighted by Gasteiger charge is -2.25. The molecule has 2 aliphatic rings. The SMILES string of the molecule is COCCN1CC2=C(C1=O)[C@H](c1ccc(Br)cc1)NC(=O)N2. The lowest BCUT2D eigenvalue weighted by Crippen LogP contribution is -2.44. The van der Waals surface area contributed by atoms with Crippen molar-refractivity contribution < 1.29 is 14.3 Å². The van der Waals surface area contributed by atoms with Crippen molar-refractivity contribution >= 4 is 27.9 Å². The summed E-state index contributed by atoms with van der Waals surface area (Å²) in [6.07, 6.45) is 0. The van der Waals surface area contributed by atoms with Crippen LogP contribution in [-0.2, 0) is 9.53 Å². The summed E-state index contributed by atoms with van der Waals surface area (Å²) in [4.78, 5) is 26.2. The van der Waals surface area contributed by atoms with Crippen LogP contribution in [0.1, 0.15) is 11.6 Å². The third-order valence-electron chi connectivity index (χ3n) is 3.79. The van der Waals surface area contributed by atoms with Gasteiger partial charge in [0.05, 0.1) is 30.5 Å². The second-order valence-corrected chi connectivity index (χ2v) is 6.11. The lowest BCUT2D eigenvalue weighted by molar-refractivity contribution is -0.126. The maximum atomic E-state index is 12.6. The lowest BCUT2D eigenvalue weighted by atomic mass is 9.96. The van der Waals surface area contributed by atoms with Gasteiger partial charge < -0.3 is 20.3 Å². The third kappa shape index (κ3) is 2.74. The highest BCUT2D eigenvalue weighted by atomic mass is 79.9. The van der Waals surface area contributed by atoms with Crippen LogP contribution in [0, 0.1) is 0 Å². The van der Waals surface area contributed by atoms with Crippen LogP contribution in [0.2, 0.25) is 0 Å². The number of rotatable bonds is 4. The minimum absolute atomic E-state index is 0.0625. The van der Waals surface area contributed by atoms with Crippen LogP contribution >= 0.6 is 15.9 Å². The minimum Gasteiger partial charge on any atom is -0.383 e. The van der Waals surface area contributed by atoms with E-state index in [0.717, 1.165) is 10.0 Å². The molecule has 3 rings (SSSR count). The van der Waals surface area contributed by atoms with Crippen LogP contribution in [0.4, 0.5) is 4.79 Å². The van der Waals surface area contributed by atoms with Crippen LogP contribution in [0.25, 0.3) is 0 Å². The molecule has 1 aromatic carbocycles. The van der Waals surface area contributed by atoms with Crippen molar-refractivity contribution in [3.05, 3.63) is 45.6 Å². The largest absolute Gasteiger partial charge is 0.383 e. The molecule has 2 aliphatic heterocycles. The van der Waals surface area contributed by atoms with E-state index in [9.17, 15) is 9.59 Å². The van der Waals surface area contributed by atoms with Gasteiger partial charge in [-0.15, -0.1) is 0 Å². The highest BCUT2D eigenvalue weighted by Crippen LogP contribution is 2.32. The number of carbonyl (C=O) groups is 2. The zero-order valence-corrected chi connectivity index (χ0v) is 13.6. The molecule has 0 saturated heterocycles. The van der Waals surface area contributed by atoms with E-state index in [1.54, 1.807) is 12.0 Å². The van der Waals surface area contributed by atoms with E-state index >= 15 is 0 Å². The van der Waals surface area contributed by atoms with Crippen molar-refractivity contribution in [2.24, 2.45) is 0 Å². The van der Waals surface area contributed by atoms with E-state index in [1.165, 1.54) is 0 Å². The molecular weight excluding hydrogens is 350 g/mol. The number of nitrogens with zero attached hydrogens (tertiary/aromatic N) is 1. The van der Waals surface area contributed by atoms with E-state index in [-0.39, 0.29) is 11.9 Å². The smallest absolute Gasteiger partial charge is 0.319 e. The number of carbonyl (C=O) groups excluding carboxylic acids is 2. The van der Waals surface area contributed by atoms with Gasteiger partial charge in [-0.25, -0.2) is 4.79 Å². The predicted octanol–water partition coefficient (Wildman–Crippen LogP) is 1.55. The summed E-state index contributed by atoms with van der Waals surface area (Å²) in [7, 11) is 1.60. The Hall–Kier alpha value is -1.86. The Labute approximate surface area is 136 Å². The number of benzene rings is 1. The minimum atomic E-state index is -0.420. The van der Waals surface area contributed by atoms with Crippen molar-refractivity contribution in [1.82, 2.24) is 15.5 Å². The molecule has 116 valence electrons. The Balaban J connectivity index is 1.90. The summed E-state index contributed by atoms with van der Waals surface area (Å²) in [6, 6.07) is 6.88. The van der Waals surface area contributed by atoms with Gasteiger partial charge in [-0.1, -0.05) is 28.1 Å². The van der Waals surface area contributed by atoms with Gasteiger partial charge in [0.2, 0.25) is 0 Å². The van der Waals surface area contributed by atoms with Gasteiger partial charge in [-0.2, -0.15) is 0 Å². The first-order valence-electron chi connectivity index (χ1n) is 6.94. The highest BCUT2D eigenvalue weighted by Gasteiger charge is 2.40. The third-order valence-corrected chi connectivity index (χ3v) is 4.32. The summed E-state index contributed by atoms with van der Waals surface area (Å²) in [5, 5.41) is 5.57. The number of halogens is 1. The molecule has 0 aliphatic carbocycles. The number of amides is 3. The van der Waals surface area contributed by atoms with Crippen LogP contribution in [0.3, 0.4) is 0 Å². The van der Waals surface area contributed by atoms with E-state index in [4.69, 9.17) is 4.74 Å². The van der Waals surface area contributed by atoms with E-state index in [2.05, 4.69) is 26.6 Å². The molecule has 0 fully saturated rings. The first kappa shape index (κ1) is 15.1. The van der Waals surface area contributed by atoms with Gasteiger partial charge in [-0.3, -0.25) is 4.79 Å². The van der Waals surface area contributed by atoms with Gasteiger partial charge >= 0.3 is 6.03 Å². The van der Waals surface area contributed by atoms with E-state index in [1.807, 2.05) is 24.3 Å². The number of urea groups is 1. The second kappa shape index (κ2) is 6.10. The average Bonchev–Trinajstić information content (AvgIpc) is 2.81. The van der Waals surface area contributed by atoms with E-state index in [0.29, 0.717) is 31.0 Å². The molecule has 1 atom stereocenters. The maximum absolute atomic E-state index is 12.6. The first-order valence-corrected chi connectivity index (χ1v) is 7.73. The average molecular weight is 366 g/mol. The molecule has 0 unspecified atom stereocenters. The van der Waals surface area contributed by atoms with Crippen molar-refractivity contribution in [2.45, 2.75) is 6.04 Å². The van der Waals surface area contributed by atoms with Gasteiger partial charge in [0.25, 0.3) is 5.91 Å². The fourth-order valence-corrected chi connectivity index (χ4v) is 2.98. The second-order valence-electron chi connectivity index (χ2n) is 5.19. The summed E-state index contributed by atoms with van der Waals surface area (Å²) < 4.78 is 5.98. The molecule has 2 N–H and O–H groups in total. The zero-order valence-electron chi connectivity index (χ0n) is 12.1. The fraction of sp³-hybridized carbons (Fsp3) is 0.333. The Morgan fingerprint density at radius 3 is 2.73 bits per heavy atom. The molecule has 7 heteroatoms. The van der Waals surface area contributed by atoms with E-state index < -0.39 is 6.04 Å². The van der Waals surface area contributed by atoms with Crippen LogP contribution in [-0.4, -0.2) is 43.6 Å². The summed E-state index contributed by atoms with van der Waals surface area (Å²) >= 11 is 3.39. The molecule has 6 nitrogen and oxygen atoms in total. The normalized spacial score (nSPS) is 20.8. The molecule has 3 amide bonds. The predicted molar refractivity (Wildman–Crippen MR) is 84.0 cm³/mol. The molecular formula is C15H16BrN3O3. The van der Waals surface area contributed by atoms with Crippen LogP contribution < -0.4 is 10.6 Å². The Kier molecular flexibility index (Phi) is 4.17. The fourth-order valence-electron chi connectivity index (χ4n) is 2.72. The number of hydrogen-bond acceptors (Lipinski definition) is 3. The van der Waals surface area contributed by atoms with Gasteiger partial charge in [0, 0.05) is 18.1 Å². The maximum Gasteiger partial charge on any atom is 0.319 e. The molecule has 0 spiro atoms. The Morgan fingerprint density at radius 2 is 2.05 bits per heavy atom. The molecule has 2 heterocycles. The zero-order chi connectivity index (χ0) is 15.7. The van der Waals surface area contributed by atoms with Crippen molar-refractivity contribution in [2.75, 3.05) is 26.8 Å². The van der Waals surface area contributed by atoms with Crippen molar-refractivity contribution in [3.63, 3.8) is 0 Å². The molecule has 0 radical (unpaired) electrons. The quantitative estimate of drug-likeness (QED) is 0.850. The molecule has 1 aromatic rings. The molecule has 0 aromatic heterocycles.